The largest absolute Gasteiger partial charge is 0.416 e. The highest BCUT2D eigenvalue weighted by Crippen LogP contribution is 2.36. The van der Waals surface area contributed by atoms with Gasteiger partial charge in [0.1, 0.15) is 0 Å². The summed E-state index contributed by atoms with van der Waals surface area (Å²) in [6.45, 7) is 3.31. The van der Waals surface area contributed by atoms with Crippen molar-refractivity contribution < 1.29 is 18.0 Å². The van der Waals surface area contributed by atoms with Crippen molar-refractivity contribution in [3.8, 4) is 0 Å². The summed E-state index contributed by atoms with van der Waals surface area (Å²) in [6.07, 6.45) is -1.46. The molecule has 0 spiro atoms. The maximum atomic E-state index is 13.2. The molecule has 1 amide bonds. The number of carbonyl (C=O) groups is 1. The molecule has 1 heterocycles. The molecule has 160 valence electrons. The van der Waals surface area contributed by atoms with Gasteiger partial charge in [0.2, 0.25) is 0 Å². The topological polar surface area (TPSA) is 44.4 Å². The standard InChI is InChI=1S/C21H21ClF3N3OS/c1-13-5-6-14(11-16(13)22)19(29)27-20(30)26-17-12-15(21(23,24)25)7-8-18(17)28-9-3-2-4-10-28/h5-8,11-12H,2-4,9-10H2,1H3,(H2,26,27,29,30). The number of nitrogens with one attached hydrogen (secondary N) is 2. The van der Waals surface area contributed by atoms with E-state index < -0.39 is 17.6 Å². The van der Waals surface area contributed by atoms with Gasteiger partial charge in [-0.15, -0.1) is 0 Å². The molecule has 1 aliphatic heterocycles. The lowest BCUT2D eigenvalue weighted by Crippen LogP contribution is -2.35. The summed E-state index contributed by atoms with van der Waals surface area (Å²) in [4.78, 5) is 14.5. The Morgan fingerprint density at radius 2 is 1.80 bits per heavy atom. The van der Waals surface area contributed by atoms with E-state index in [2.05, 4.69) is 10.6 Å². The van der Waals surface area contributed by atoms with E-state index in [1.807, 2.05) is 11.8 Å². The number of thiocarbonyl (C=S) groups is 1. The molecule has 30 heavy (non-hydrogen) atoms. The number of anilines is 2. The molecule has 2 aromatic carbocycles. The van der Waals surface area contributed by atoms with Gasteiger partial charge in [-0.1, -0.05) is 17.7 Å². The van der Waals surface area contributed by atoms with Crippen molar-refractivity contribution in [2.75, 3.05) is 23.3 Å². The third kappa shape index (κ3) is 5.43. The van der Waals surface area contributed by atoms with E-state index in [1.54, 1.807) is 12.1 Å². The lowest BCUT2D eigenvalue weighted by Gasteiger charge is -2.31. The second-order valence-corrected chi connectivity index (χ2v) is 7.97. The first-order valence-electron chi connectivity index (χ1n) is 9.50. The SMILES string of the molecule is Cc1ccc(C(=O)NC(=S)Nc2cc(C(F)(F)F)ccc2N2CCCCC2)cc1Cl. The molecule has 0 saturated carbocycles. The van der Waals surface area contributed by atoms with Crippen LogP contribution >= 0.6 is 23.8 Å². The van der Waals surface area contributed by atoms with Crippen molar-refractivity contribution in [1.29, 1.82) is 0 Å². The second kappa shape index (κ2) is 9.22. The number of hydrogen-bond acceptors (Lipinski definition) is 3. The number of hydrogen-bond donors (Lipinski definition) is 2. The quantitative estimate of drug-likeness (QED) is 0.575. The lowest BCUT2D eigenvalue weighted by molar-refractivity contribution is -0.137. The van der Waals surface area contributed by atoms with Crippen molar-refractivity contribution in [2.45, 2.75) is 32.4 Å². The minimum atomic E-state index is -4.49. The summed E-state index contributed by atoms with van der Waals surface area (Å²) in [5.74, 6) is -0.499. The van der Waals surface area contributed by atoms with Crippen molar-refractivity contribution >= 4 is 46.2 Å². The molecular formula is C21H21ClF3N3OS. The molecule has 0 unspecified atom stereocenters. The van der Waals surface area contributed by atoms with Gasteiger partial charge in [-0.25, -0.2) is 0 Å². The number of benzene rings is 2. The van der Waals surface area contributed by atoms with Gasteiger partial charge in [0.25, 0.3) is 5.91 Å². The van der Waals surface area contributed by atoms with Crippen molar-refractivity contribution in [3.05, 3.63) is 58.1 Å². The fourth-order valence-corrected chi connectivity index (χ4v) is 3.67. The van der Waals surface area contributed by atoms with Crippen molar-refractivity contribution in [3.63, 3.8) is 0 Å². The first kappa shape index (κ1) is 22.4. The van der Waals surface area contributed by atoms with Gasteiger partial charge in [-0.2, -0.15) is 13.2 Å². The van der Waals surface area contributed by atoms with Crippen LogP contribution in [0.3, 0.4) is 0 Å². The van der Waals surface area contributed by atoms with Crippen LogP contribution in [0.4, 0.5) is 24.5 Å². The number of nitrogens with zero attached hydrogens (tertiary/aromatic N) is 1. The highest BCUT2D eigenvalue weighted by molar-refractivity contribution is 7.80. The normalized spacial score (nSPS) is 14.4. The van der Waals surface area contributed by atoms with Crippen LogP contribution in [0.25, 0.3) is 0 Å². The Hall–Kier alpha value is -2.32. The zero-order chi connectivity index (χ0) is 21.9. The Labute approximate surface area is 183 Å². The average molecular weight is 456 g/mol. The van der Waals surface area contributed by atoms with Crippen LogP contribution in [0.1, 0.15) is 40.7 Å². The fraction of sp³-hybridized carbons (Fsp3) is 0.333. The van der Waals surface area contributed by atoms with Gasteiger partial charge in [-0.3, -0.25) is 10.1 Å². The predicted molar refractivity (Wildman–Crippen MR) is 117 cm³/mol. The zero-order valence-corrected chi connectivity index (χ0v) is 17.8. The smallest absolute Gasteiger partial charge is 0.370 e. The minimum Gasteiger partial charge on any atom is -0.370 e. The van der Waals surface area contributed by atoms with Crippen molar-refractivity contribution in [2.24, 2.45) is 0 Å². The summed E-state index contributed by atoms with van der Waals surface area (Å²) < 4.78 is 39.7. The van der Waals surface area contributed by atoms with Gasteiger partial charge in [0, 0.05) is 23.7 Å². The first-order valence-corrected chi connectivity index (χ1v) is 10.3. The molecular weight excluding hydrogens is 435 g/mol. The average Bonchev–Trinajstić information content (AvgIpc) is 2.70. The molecule has 1 aliphatic rings. The Morgan fingerprint density at radius 1 is 1.10 bits per heavy atom. The maximum Gasteiger partial charge on any atom is 0.416 e. The molecule has 0 atom stereocenters. The Kier molecular flexibility index (Phi) is 6.88. The number of rotatable bonds is 3. The van der Waals surface area contributed by atoms with Gasteiger partial charge in [0.05, 0.1) is 16.9 Å². The zero-order valence-electron chi connectivity index (χ0n) is 16.3. The maximum absolute atomic E-state index is 13.2. The predicted octanol–water partition coefficient (Wildman–Crippen LogP) is 5.78. The molecule has 0 radical (unpaired) electrons. The molecule has 0 bridgehead atoms. The molecule has 0 aliphatic carbocycles. The van der Waals surface area contributed by atoms with Crippen molar-refractivity contribution in [1.82, 2.24) is 5.32 Å². The highest BCUT2D eigenvalue weighted by atomic mass is 35.5. The number of amides is 1. The number of alkyl halides is 3. The van der Waals surface area contributed by atoms with E-state index in [4.69, 9.17) is 23.8 Å². The van der Waals surface area contributed by atoms with E-state index in [9.17, 15) is 18.0 Å². The van der Waals surface area contributed by atoms with Crippen LogP contribution < -0.4 is 15.5 Å². The van der Waals surface area contributed by atoms with Gasteiger partial charge in [0.15, 0.2) is 5.11 Å². The fourth-order valence-electron chi connectivity index (χ4n) is 3.29. The third-order valence-corrected chi connectivity index (χ3v) is 5.54. The number of carbonyl (C=O) groups excluding carboxylic acids is 1. The van der Waals surface area contributed by atoms with Crippen LogP contribution in [-0.4, -0.2) is 24.1 Å². The molecule has 4 nitrogen and oxygen atoms in total. The summed E-state index contributed by atoms with van der Waals surface area (Å²) in [7, 11) is 0. The van der Waals surface area contributed by atoms with Gasteiger partial charge < -0.3 is 10.2 Å². The molecule has 9 heteroatoms. The second-order valence-electron chi connectivity index (χ2n) is 7.15. The number of piperidine rings is 1. The Bertz CT molecular complexity index is 959. The van der Waals surface area contributed by atoms with E-state index in [1.165, 1.54) is 12.1 Å². The molecule has 2 aromatic rings. The summed E-state index contributed by atoms with van der Waals surface area (Å²) in [6, 6.07) is 8.34. The monoisotopic (exact) mass is 455 g/mol. The van der Waals surface area contributed by atoms with Gasteiger partial charge in [-0.05, 0) is 74.3 Å². The summed E-state index contributed by atoms with van der Waals surface area (Å²) in [5.41, 5.74) is 1.17. The molecule has 3 rings (SSSR count). The van der Waals surface area contributed by atoms with Crippen LogP contribution in [-0.2, 0) is 6.18 Å². The molecule has 0 aromatic heterocycles. The number of aryl methyl sites for hydroxylation is 1. The number of halogens is 4. The Morgan fingerprint density at radius 3 is 2.43 bits per heavy atom. The Balaban J connectivity index is 1.81. The third-order valence-electron chi connectivity index (χ3n) is 4.93. The van der Waals surface area contributed by atoms with E-state index in [-0.39, 0.29) is 10.8 Å². The van der Waals surface area contributed by atoms with Crippen LogP contribution in [0.5, 0.6) is 0 Å². The molecule has 1 fully saturated rings. The summed E-state index contributed by atoms with van der Waals surface area (Å²) in [5, 5.41) is 5.62. The molecule has 1 saturated heterocycles. The van der Waals surface area contributed by atoms with Crippen LogP contribution in [0, 0.1) is 6.92 Å². The minimum absolute atomic E-state index is 0.0886. The van der Waals surface area contributed by atoms with E-state index >= 15 is 0 Å². The highest BCUT2D eigenvalue weighted by Gasteiger charge is 2.31. The lowest BCUT2D eigenvalue weighted by atomic mass is 10.1. The van der Waals surface area contributed by atoms with Crippen LogP contribution in [0.15, 0.2) is 36.4 Å². The van der Waals surface area contributed by atoms with E-state index in [0.717, 1.165) is 50.0 Å². The molecule has 2 N–H and O–H groups in total. The van der Waals surface area contributed by atoms with Gasteiger partial charge >= 0.3 is 6.18 Å². The first-order chi connectivity index (χ1) is 14.1. The van der Waals surface area contributed by atoms with E-state index in [0.29, 0.717) is 16.3 Å². The summed E-state index contributed by atoms with van der Waals surface area (Å²) >= 11 is 11.2. The van der Waals surface area contributed by atoms with Crippen LogP contribution in [0.2, 0.25) is 5.02 Å².